The summed E-state index contributed by atoms with van der Waals surface area (Å²) < 4.78 is 0. The molecule has 2 rings (SSSR count). The number of nitrogens with one attached hydrogen (secondary N) is 2. The molecule has 2 N–H and O–H groups in total. The second-order valence-electron chi connectivity index (χ2n) is 6.92. The van der Waals surface area contributed by atoms with Gasteiger partial charge in [-0.05, 0) is 63.9 Å². The first-order valence-electron chi connectivity index (χ1n) is 8.43. The second kappa shape index (κ2) is 7.52. The summed E-state index contributed by atoms with van der Waals surface area (Å²) in [6.45, 7) is 8.48. The molecule has 0 saturated heterocycles. The number of carbonyl (C=O) groups is 3. The first-order chi connectivity index (χ1) is 12.1. The SMILES string of the molecule is CC(=O)c1cccc(NC(=O)C(C)(C)C(=O)Nc2cccc(C)c2C)c1. The monoisotopic (exact) mass is 352 g/mol. The van der Waals surface area contributed by atoms with E-state index in [1.165, 1.54) is 6.92 Å². The maximum Gasteiger partial charge on any atom is 0.239 e. The molecule has 0 radical (unpaired) electrons. The number of rotatable bonds is 5. The zero-order chi connectivity index (χ0) is 19.5. The molecule has 0 aliphatic carbocycles. The smallest absolute Gasteiger partial charge is 0.239 e. The molecule has 0 atom stereocenters. The van der Waals surface area contributed by atoms with Crippen molar-refractivity contribution in [2.24, 2.45) is 5.41 Å². The van der Waals surface area contributed by atoms with Crippen LogP contribution in [0.15, 0.2) is 42.5 Å². The minimum atomic E-state index is -1.29. The van der Waals surface area contributed by atoms with Crippen LogP contribution in [0.5, 0.6) is 0 Å². The normalized spacial score (nSPS) is 11.0. The lowest BCUT2D eigenvalue weighted by Crippen LogP contribution is -2.41. The molecule has 136 valence electrons. The lowest BCUT2D eigenvalue weighted by atomic mass is 9.90. The van der Waals surface area contributed by atoms with Crippen LogP contribution in [0.3, 0.4) is 0 Å². The van der Waals surface area contributed by atoms with Crippen molar-refractivity contribution in [1.82, 2.24) is 0 Å². The second-order valence-corrected chi connectivity index (χ2v) is 6.92. The largest absolute Gasteiger partial charge is 0.325 e. The average molecular weight is 352 g/mol. The third kappa shape index (κ3) is 4.17. The van der Waals surface area contributed by atoms with Gasteiger partial charge in [0.1, 0.15) is 5.41 Å². The van der Waals surface area contributed by atoms with Crippen LogP contribution in [0.1, 0.15) is 42.3 Å². The van der Waals surface area contributed by atoms with E-state index in [0.29, 0.717) is 16.9 Å². The summed E-state index contributed by atoms with van der Waals surface area (Å²) in [5.41, 5.74) is 2.41. The van der Waals surface area contributed by atoms with Gasteiger partial charge < -0.3 is 10.6 Å². The highest BCUT2D eigenvalue weighted by molar-refractivity contribution is 6.14. The van der Waals surface area contributed by atoms with Gasteiger partial charge >= 0.3 is 0 Å². The van der Waals surface area contributed by atoms with Crippen LogP contribution in [0.4, 0.5) is 11.4 Å². The van der Waals surface area contributed by atoms with Gasteiger partial charge in [-0.15, -0.1) is 0 Å². The molecule has 0 spiro atoms. The fourth-order valence-corrected chi connectivity index (χ4v) is 2.37. The van der Waals surface area contributed by atoms with E-state index < -0.39 is 17.2 Å². The van der Waals surface area contributed by atoms with E-state index in [9.17, 15) is 14.4 Å². The Kier molecular flexibility index (Phi) is 5.60. The zero-order valence-electron chi connectivity index (χ0n) is 15.8. The topological polar surface area (TPSA) is 75.3 Å². The van der Waals surface area contributed by atoms with E-state index in [4.69, 9.17) is 0 Å². The quantitative estimate of drug-likeness (QED) is 0.628. The Morgan fingerprint density at radius 1 is 0.885 bits per heavy atom. The molecule has 5 nitrogen and oxygen atoms in total. The third-order valence-corrected chi connectivity index (χ3v) is 4.52. The van der Waals surface area contributed by atoms with Crippen LogP contribution in [0.25, 0.3) is 0 Å². The average Bonchev–Trinajstić information content (AvgIpc) is 2.59. The molecule has 5 heteroatoms. The van der Waals surface area contributed by atoms with Crippen LogP contribution >= 0.6 is 0 Å². The van der Waals surface area contributed by atoms with Crippen LogP contribution < -0.4 is 10.6 Å². The molecule has 2 aromatic carbocycles. The first kappa shape index (κ1) is 19.4. The van der Waals surface area contributed by atoms with E-state index >= 15 is 0 Å². The number of amides is 2. The molecule has 0 fully saturated rings. The van der Waals surface area contributed by atoms with Crippen LogP contribution in [0, 0.1) is 19.3 Å². The number of carbonyl (C=O) groups excluding carboxylic acids is 3. The minimum absolute atomic E-state index is 0.0898. The molecule has 2 aromatic rings. The predicted molar refractivity (Wildman–Crippen MR) is 103 cm³/mol. The third-order valence-electron chi connectivity index (χ3n) is 4.52. The highest BCUT2D eigenvalue weighted by Gasteiger charge is 2.36. The molecule has 0 saturated carbocycles. The Morgan fingerprint density at radius 3 is 2.15 bits per heavy atom. The van der Waals surface area contributed by atoms with Crippen molar-refractivity contribution >= 4 is 29.0 Å². The van der Waals surface area contributed by atoms with Crippen molar-refractivity contribution < 1.29 is 14.4 Å². The maximum atomic E-state index is 12.7. The molecule has 0 aliphatic heterocycles. The van der Waals surface area contributed by atoms with E-state index in [1.807, 2.05) is 32.0 Å². The number of ketones is 1. The van der Waals surface area contributed by atoms with Gasteiger partial charge in [0.15, 0.2) is 5.78 Å². The summed E-state index contributed by atoms with van der Waals surface area (Å²) in [4.78, 5) is 36.8. The van der Waals surface area contributed by atoms with E-state index in [2.05, 4.69) is 10.6 Å². The molecule has 26 heavy (non-hydrogen) atoms. The molecule has 0 heterocycles. The van der Waals surface area contributed by atoms with E-state index in [1.54, 1.807) is 38.1 Å². The lowest BCUT2D eigenvalue weighted by molar-refractivity contribution is -0.135. The van der Waals surface area contributed by atoms with Gasteiger partial charge in [0.05, 0.1) is 0 Å². The standard InChI is InChI=1S/C21H24N2O3/c1-13-8-6-11-18(14(13)2)23-20(26)21(4,5)19(25)22-17-10-7-9-16(12-17)15(3)24/h6-12H,1-5H3,(H,22,25)(H,23,26). The summed E-state index contributed by atoms with van der Waals surface area (Å²) in [6.07, 6.45) is 0. The number of Topliss-reactive ketones (excluding diaryl/α,β-unsaturated/α-hetero) is 1. The Hall–Kier alpha value is -2.95. The molecule has 2 amide bonds. The van der Waals surface area contributed by atoms with Gasteiger partial charge in [-0.3, -0.25) is 14.4 Å². The number of hydrogen-bond acceptors (Lipinski definition) is 3. The number of aryl methyl sites for hydroxylation is 1. The number of anilines is 2. The fourth-order valence-electron chi connectivity index (χ4n) is 2.37. The van der Waals surface area contributed by atoms with Gasteiger partial charge in [-0.25, -0.2) is 0 Å². The molecule has 0 aromatic heterocycles. The molecule has 0 bridgehead atoms. The molecular weight excluding hydrogens is 328 g/mol. The predicted octanol–water partition coefficient (Wildman–Crippen LogP) is 4.11. The minimum Gasteiger partial charge on any atom is -0.325 e. The Labute approximate surface area is 153 Å². The first-order valence-corrected chi connectivity index (χ1v) is 8.43. The summed E-state index contributed by atoms with van der Waals surface area (Å²) in [5, 5.41) is 5.55. The molecule has 0 unspecified atom stereocenters. The summed E-state index contributed by atoms with van der Waals surface area (Å²) in [5.74, 6) is -0.930. The van der Waals surface area contributed by atoms with Crippen molar-refractivity contribution in [3.8, 4) is 0 Å². The Balaban J connectivity index is 2.16. The van der Waals surface area contributed by atoms with Crippen LogP contribution in [-0.2, 0) is 9.59 Å². The van der Waals surface area contributed by atoms with Crippen molar-refractivity contribution in [2.75, 3.05) is 10.6 Å². The van der Waals surface area contributed by atoms with Gasteiger partial charge in [0.25, 0.3) is 0 Å². The van der Waals surface area contributed by atoms with Gasteiger partial charge in [0, 0.05) is 16.9 Å². The van der Waals surface area contributed by atoms with Crippen LogP contribution in [-0.4, -0.2) is 17.6 Å². The van der Waals surface area contributed by atoms with Gasteiger partial charge in [-0.2, -0.15) is 0 Å². The van der Waals surface area contributed by atoms with Crippen molar-refractivity contribution in [2.45, 2.75) is 34.6 Å². The summed E-state index contributed by atoms with van der Waals surface area (Å²) >= 11 is 0. The maximum absolute atomic E-state index is 12.7. The van der Waals surface area contributed by atoms with Gasteiger partial charge in [-0.1, -0.05) is 24.3 Å². The summed E-state index contributed by atoms with van der Waals surface area (Å²) in [7, 11) is 0. The summed E-state index contributed by atoms with van der Waals surface area (Å²) in [6, 6.07) is 12.3. The molecular formula is C21H24N2O3. The van der Waals surface area contributed by atoms with E-state index in [0.717, 1.165) is 11.1 Å². The Morgan fingerprint density at radius 2 is 1.50 bits per heavy atom. The molecule has 0 aliphatic rings. The fraction of sp³-hybridized carbons (Fsp3) is 0.286. The highest BCUT2D eigenvalue weighted by atomic mass is 16.2. The lowest BCUT2D eigenvalue weighted by Gasteiger charge is -2.23. The number of hydrogen-bond donors (Lipinski definition) is 2. The highest BCUT2D eigenvalue weighted by Crippen LogP contribution is 2.24. The van der Waals surface area contributed by atoms with Crippen molar-refractivity contribution in [3.05, 3.63) is 59.2 Å². The Bertz CT molecular complexity index is 869. The zero-order valence-corrected chi connectivity index (χ0v) is 15.8. The number of benzene rings is 2. The van der Waals surface area contributed by atoms with Gasteiger partial charge in [0.2, 0.25) is 11.8 Å². The van der Waals surface area contributed by atoms with Crippen molar-refractivity contribution in [1.29, 1.82) is 0 Å². The van der Waals surface area contributed by atoms with Crippen LogP contribution in [0.2, 0.25) is 0 Å². The van der Waals surface area contributed by atoms with Crippen molar-refractivity contribution in [3.63, 3.8) is 0 Å². The van der Waals surface area contributed by atoms with E-state index in [-0.39, 0.29) is 5.78 Å².